The summed E-state index contributed by atoms with van der Waals surface area (Å²) in [4.78, 5) is 24.8. The summed E-state index contributed by atoms with van der Waals surface area (Å²) in [5.41, 5.74) is 0.212. The number of nitrogens with one attached hydrogen (secondary N) is 1. The summed E-state index contributed by atoms with van der Waals surface area (Å²) < 4.78 is 6.67. The first-order chi connectivity index (χ1) is 9.97. The molecule has 0 saturated heterocycles. The van der Waals surface area contributed by atoms with Gasteiger partial charge in [0.15, 0.2) is 0 Å². The quantitative estimate of drug-likeness (QED) is 0.938. The monoisotopic (exact) mass is 288 g/mol. The minimum absolute atomic E-state index is 0.0129. The van der Waals surface area contributed by atoms with E-state index in [1.165, 1.54) is 4.57 Å². The van der Waals surface area contributed by atoms with Crippen molar-refractivity contribution in [3.63, 3.8) is 0 Å². The Labute approximate surface area is 123 Å². The van der Waals surface area contributed by atoms with Crippen LogP contribution in [0.2, 0.25) is 0 Å². The van der Waals surface area contributed by atoms with E-state index in [-0.39, 0.29) is 17.5 Å². The lowest BCUT2D eigenvalue weighted by Gasteiger charge is -2.14. The van der Waals surface area contributed by atoms with E-state index in [9.17, 15) is 9.59 Å². The Kier molecular flexibility index (Phi) is 4.31. The second kappa shape index (κ2) is 5.99. The molecule has 0 fully saturated rings. The van der Waals surface area contributed by atoms with Crippen LogP contribution in [0.3, 0.4) is 0 Å². The predicted octanol–water partition coefficient (Wildman–Crippen LogP) is 2.17. The first kappa shape index (κ1) is 15.1. The maximum absolute atomic E-state index is 12.5. The predicted molar refractivity (Wildman–Crippen MR) is 83.0 cm³/mol. The molecule has 0 saturated carbocycles. The van der Waals surface area contributed by atoms with Gasteiger partial charge in [-0.25, -0.2) is 0 Å². The molecule has 2 aromatic rings. The third kappa shape index (κ3) is 2.91. The summed E-state index contributed by atoms with van der Waals surface area (Å²) in [6.07, 6.45) is 0. The molecule has 1 aromatic carbocycles. The number of amides is 1. The van der Waals surface area contributed by atoms with Crippen LogP contribution in [0, 0.1) is 0 Å². The molecular weight excluding hydrogens is 268 g/mol. The highest BCUT2D eigenvalue weighted by Gasteiger charge is 2.15. The van der Waals surface area contributed by atoms with Gasteiger partial charge in [-0.3, -0.25) is 9.59 Å². The summed E-state index contributed by atoms with van der Waals surface area (Å²) in [6, 6.07) is 6.99. The van der Waals surface area contributed by atoms with Gasteiger partial charge < -0.3 is 14.6 Å². The van der Waals surface area contributed by atoms with Gasteiger partial charge in [0, 0.05) is 18.0 Å². The van der Waals surface area contributed by atoms with Crippen LogP contribution < -0.4 is 15.6 Å². The van der Waals surface area contributed by atoms with Gasteiger partial charge in [0.2, 0.25) is 0 Å². The van der Waals surface area contributed by atoms with Gasteiger partial charge in [-0.05, 0) is 50.4 Å². The molecule has 5 heteroatoms. The van der Waals surface area contributed by atoms with Crippen LogP contribution in [-0.4, -0.2) is 23.6 Å². The molecule has 5 nitrogen and oxygen atoms in total. The summed E-state index contributed by atoms with van der Waals surface area (Å²) in [5, 5.41) is 4.11. The van der Waals surface area contributed by atoms with Gasteiger partial charge in [0.1, 0.15) is 11.4 Å². The molecule has 1 aromatic heterocycles. The lowest BCUT2D eigenvalue weighted by molar-refractivity contribution is 0.0932. The van der Waals surface area contributed by atoms with Gasteiger partial charge in [-0.2, -0.15) is 0 Å². The van der Waals surface area contributed by atoms with Crippen molar-refractivity contribution in [1.82, 2.24) is 9.88 Å². The van der Waals surface area contributed by atoms with E-state index in [0.717, 1.165) is 0 Å². The number of methoxy groups -OCH3 is 1. The zero-order chi connectivity index (χ0) is 15.6. The highest BCUT2D eigenvalue weighted by Crippen LogP contribution is 2.19. The average molecular weight is 288 g/mol. The van der Waals surface area contributed by atoms with Gasteiger partial charge in [0.25, 0.3) is 11.5 Å². The summed E-state index contributed by atoms with van der Waals surface area (Å²) >= 11 is 0. The van der Waals surface area contributed by atoms with Gasteiger partial charge in [-0.1, -0.05) is 0 Å². The second-order valence-corrected chi connectivity index (χ2v) is 5.16. The lowest BCUT2D eigenvalue weighted by Crippen LogP contribution is -2.35. The van der Waals surface area contributed by atoms with Crippen molar-refractivity contribution in [3.05, 3.63) is 40.3 Å². The summed E-state index contributed by atoms with van der Waals surface area (Å²) in [5.74, 6) is 0.417. The van der Waals surface area contributed by atoms with E-state index >= 15 is 0 Å². The molecule has 112 valence electrons. The highest BCUT2D eigenvalue weighted by atomic mass is 16.5. The highest BCUT2D eigenvalue weighted by molar-refractivity contribution is 5.97. The second-order valence-electron chi connectivity index (χ2n) is 5.16. The molecule has 0 atom stereocenters. The van der Waals surface area contributed by atoms with E-state index in [0.29, 0.717) is 28.8 Å². The van der Waals surface area contributed by atoms with Crippen molar-refractivity contribution in [2.45, 2.75) is 33.4 Å². The van der Waals surface area contributed by atoms with Crippen LogP contribution in [0.15, 0.2) is 29.1 Å². The van der Waals surface area contributed by atoms with E-state index in [1.54, 1.807) is 31.4 Å². The van der Waals surface area contributed by atoms with E-state index in [4.69, 9.17) is 4.74 Å². The number of benzene rings is 1. The van der Waals surface area contributed by atoms with Crippen molar-refractivity contribution in [3.8, 4) is 5.75 Å². The van der Waals surface area contributed by atoms with E-state index in [2.05, 4.69) is 5.32 Å². The van der Waals surface area contributed by atoms with Crippen molar-refractivity contribution < 1.29 is 9.53 Å². The van der Waals surface area contributed by atoms with Crippen molar-refractivity contribution in [2.24, 2.45) is 0 Å². The molecule has 2 rings (SSSR count). The summed E-state index contributed by atoms with van der Waals surface area (Å²) in [6.45, 7) is 6.07. The van der Waals surface area contributed by atoms with Crippen LogP contribution in [0.5, 0.6) is 5.75 Å². The smallest absolute Gasteiger partial charge is 0.268 e. The normalized spacial score (nSPS) is 10.9. The lowest BCUT2D eigenvalue weighted by atomic mass is 10.1. The Balaban J connectivity index is 2.68. The number of aromatic nitrogens is 1. The fraction of sp³-hybridized carbons (Fsp3) is 0.375. The van der Waals surface area contributed by atoms with E-state index in [1.807, 2.05) is 20.8 Å². The first-order valence-corrected chi connectivity index (χ1v) is 7.00. The molecule has 0 radical (unpaired) electrons. The number of fused-ring (bicyclic) bond motifs is 1. The zero-order valence-corrected chi connectivity index (χ0v) is 12.8. The molecule has 0 aliphatic rings. The van der Waals surface area contributed by atoms with Crippen molar-refractivity contribution >= 4 is 16.7 Å². The van der Waals surface area contributed by atoms with Gasteiger partial charge >= 0.3 is 0 Å². The molecule has 0 unspecified atom stereocenters. The fourth-order valence-electron chi connectivity index (χ4n) is 2.30. The Bertz CT molecular complexity index is 732. The molecule has 1 N–H and O–H groups in total. The molecule has 1 heterocycles. The van der Waals surface area contributed by atoms with Crippen LogP contribution >= 0.6 is 0 Å². The maximum Gasteiger partial charge on any atom is 0.268 e. The molecule has 21 heavy (non-hydrogen) atoms. The van der Waals surface area contributed by atoms with Crippen LogP contribution in [-0.2, 0) is 6.54 Å². The molecule has 0 aliphatic heterocycles. The largest absolute Gasteiger partial charge is 0.497 e. The number of nitrogens with zero attached hydrogens (tertiary/aromatic N) is 1. The Morgan fingerprint density at radius 3 is 2.62 bits per heavy atom. The maximum atomic E-state index is 12.5. The number of ether oxygens (including phenoxy) is 1. The molecular formula is C16H20N2O3. The van der Waals surface area contributed by atoms with Crippen LogP contribution in [0.25, 0.3) is 10.8 Å². The standard InChI is InChI=1S/C16H20N2O3/c1-5-18-14(15(19)17-10(2)3)9-11-8-12(21-4)6-7-13(11)16(18)20/h6-10H,5H2,1-4H3,(H,17,19). The molecule has 1 amide bonds. The number of carbonyl (C=O) groups is 1. The topological polar surface area (TPSA) is 60.3 Å². The Morgan fingerprint density at radius 1 is 1.33 bits per heavy atom. The summed E-state index contributed by atoms with van der Waals surface area (Å²) in [7, 11) is 1.57. The first-order valence-electron chi connectivity index (χ1n) is 7.00. The van der Waals surface area contributed by atoms with Crippen molar-refractivity contribution in [2.75, 3.05) is 7.11 Å². The van der Waals surface area contributed by atoms with Crippen LogP contribution in [0.4, 0.5) is 0 Å². The van der Waals surface area contributed by atoms with Gasteiger partial charge in [-0.15, -0.1) is 0 Å². The number of carbonyl (C=O) groups excluding carboxylic acids is 1. The minimum atomic E-state index is -0.242. The fourth-order valence-corrected chi connectivity index (χ4v) is 2.30. The molecule has 0 aliphatic carbocycles. The number of hydrogen-bond acceptors (Lipinski definition) is 3. The Morgan fingerprint density at radius 2 is 2.05 bits per heavy atom. The third-order valence-electron chi connectivity index (χ3n) is 3.29. The third-order valence-corrected chi connectivity index (χ3v) is 3.29. The van der Waals surface area contributed by atoms with Gasteiger partial charge in [0.05, 0.1) is 7.11 Å². The minimum Gasteiger partial charge on any atom is -0.497 e. The van der Waals surface area contributed by atoms with Crippen molar-refractivity contribution in [1.29, 1.82) is 0 Å². The van der Waals surface area contributed by atoms with Crippen LogP contribution in [0.1, 0.15) is 31.3 Å². The molecule has 0 bridgehead atoms. The number of rotatable bonds is 4. The average Bonchev–Trinajstić information content (AvgIpc) is 2.45. The Hall–Kier alpha value is -2.30. The molecule has 0 spiro atoms. The SMILES string of the molecule is CCn1c(C(=O)NC(C)C)cc2cc(OC)ccc2c1=O. The number of pyridine rings is 1. The van der Waals surface area contributed by atoms with E-state index < -0.39 is 0 Å². The number of hydrogen-bond donors (Lipinski definition) is 1. The zero-order valence-electron chi connectivity index (χ0n) is 12.8.